The summed E-state index contributed by atoms with van der Waals surface area (Å²) in [7, 11) is 0. The lowest BCUT2D eigenvalue weighted by molar-refractivity contribution is -0.120. The normalized spacial score (nSPS) is 11.4. The van der Waals surface area contributed by atoms with E-state index in [9.17, 15) is 4.79 Å². The molecule has 0 aliphatic carbocycles. The number of rotatable bonds is 6. The standard InChI is InChI=1S/C11H20N2O/c1-4-6-7-8-12-9-11(14)13-10(3)5-2/h10,12H,5,7-9H2,1-3H3,(H,13,14). The molecule has 0 aromatic rings. The number of nitrogens with one attached hydrogen (secondary N) is 2. The Kier molecular flexibility index (Phi) is 7.96. The highest BCUT2D eigenvalue weighted by Crippen LogP contribution is 1.86. The van der Waals surface area contributed by atoms with Crippen molar-refractivity contribution in [2.75, 3.05) is 13.1 Å². The molecule has 0 aromatic carbocycles. The van der Waals surface area contributed by atoms with Crippen molar-refractivity contribution in [2.24, 2.45) is 0 Å². The van der Waals surface area contributed by atoms with Crippen LogP contribution >= 0.6 is 0 Å². The molecular formula is C11H20N2O. The van der Waals surface area contributed by atoms with Gasteiger partial charge in [0.2, 0.25) is 5.91 Å². The molecule has 14 heavy (non-hydrogen) atoms. The maximum atomic E-state index is 11.2. The third-order valence-corrected chi connectivity index (χ3v) is 1.91. The highest BCUT2D eigenvalue weighted by Gasteiger charge is 2.03. The van der Waals surface area contributed by atoms with Gasteiger partial charge in [-0.25, -0.2) is 0 Å². The van der Waals surface area contributed by atoms with Crippen molar-refractivity contribution in [1.82, 2.24) is 10.6 Å². The third-order valence-electron chi connectivity index (χ3n) is 1.91. The second-order valence-corrected chi connectivity index (χ2v) is 3.23. The first-order chi connectivity index (χ1) is 6.70. The van der Waals surface area contributed by atoms with Gasteiger partial charge in [0.1, 0.15) is 0 Å². The molecule has 0 fully saturated rings. The summed E-state index contributed by atoms with van der Waals surface area (Å²) in [4.78, 5) is 11.2. The van der Waals surface area contributed by atoms with Crippen molar-refractivity contribution >= 4 is 5.91 Å². The Labute approximate surface area is 86.6 Å². The quantitative estimate of drug-likeness (QED) is 0.489. The van der Waals surface area contributed by atoms with E-state index in [-0.39, 0.29) is 11.9 Å². The van der Waals surface area contributed by atoms with E-state index in [1.165, 1.54) is 0 Å². The maximum absolute atomic E-state index is 11.2. The van der Waals surface area contributed by atoms with E-state index < -0.39 is 0 Å². The largest absolute Gasteiger partial charge is 0.353 e. The van der Waals surface area contributed by atoms with Crippen LogP contribution in [0.5, 0.6) is 0 Å². The predicted molar refractivity (Wildman–Crippen MR) is 58.8 cm³/mol. The monoisotopic (exact) mass is 196 g/mol. The zero-order chi connectivity index (χ0) is 10.8. The Hall–Kier alpha value is -1.01. The zero-order valence-corrected chi connectivity index (χ0v) is 9.31. The van der Waals surface area contributed by atoms with Gasteiger partial charge in [-0.05, 0) is 20.3 Å². The Bertz CT molecular complexity index is 215. The average molecular weight is 196 g/mol. The van der Waals surface area contributed by atoms with Crippen molar-refractivity contribution in [1.29, 1.82) is 0 Å². The van der Waals surface area contributed by atoms with Crippen molar-refractivity contribution in [3.05, 3.63) is 0 Å². The van der Waals surface area contributed by atoms with Gasteiger partial charge in [-0.3, -0.25) is 4.79 Å². The molecule has 0 spiro atoms. The molecule has 0 heterocycles. The first-order valence-corrected chi connectivity index (χ1v) is 5.10. The average Bonchev–Trinajstić information content (AvgIpc) is 2.17. The summed E-state index contributed by atoms with van der Waals surface area (Å²) in [6.45, 7) is 7.02. The first kappa shape index (κ1) is 13.0. The number of amides is 1. The minimum Gasteiger partial charge on any atom is -0.353 e. The molecule has 0 saturated carbocycles. The zero-order valence-electron chi connectivity index (χ0n) is 9.31. The third kappa shape index (κ3) is 7.63. The van der Waals surface area contributed by atoms with E-state index in [1.807, 2.05) is 13.8 Å². The maximum Gasteiger partial charge on any atom is 0.234 e. The second kappa shape index (κ2) is 8.58. The predicted octanol–water partition coefficient (Wildman–Crippen LogP) is 0.904. The highest BCUT2D eigenvalue weighted by atomic mass is 16.1. The number of carbonyl (C=O) groups excluding carboxylic acids is 1. The molecule has 0 aromatic heterocycles. The van der Waals surface area contributed by atoms with E-state index in [0.29, 0.717) is 6.54 Å². The summed E-state index contributed by atoms with van der Waals surface area (Å²) in [5, 5.41) is 5.92. The van der Waals surface area contributed by atoms with Gasteiger partial charge in [0.15, 0.2) is 0 Å². The Morgan fingerprint density at radius 3 is 2.79 bits per heavy atom. The first-order valence-electron chi connectivity index (χ1n) is 5.10. The molecule has 80 valence electrons. The fourth-order valence-electron chi connectivity index (χ4n) is 0.906. The smallest absolute Gasteiger partial charge is 0.234 e. The van der Waals surface area contributed by atoms with Gasteiger partial charge in [-0.1, -0.05) is 6.92 Å². The molecule has 1 atom stereocenters. The molecule has 2 N–H and O–H groups in total. The lowest BCUT2D eigenvalue weighted by atomic mass is 10.2. The van der Waals surface area contributed by atoms with Gasteiger partial charge in [0.25, 0.3) is 0 Å². The van der Waals surface area contributed by atoms with Crippen molar-refractivity contribution in [3.63, 3.8) is 0 Å². The highest BCUT2D eigenvalue weighted by molar-refractivity contribution is 5.78. The van der Waals surface area contributed by atoms with Crippen LogP contribution in [0.15, 0.2) is 0 Å². The van der Waals surface area contributed by atoms with Crippen LogP contribution in [-0.4, -0.2) is 25.0 Å². The lowest BCUT2D eigenvalue weighted by Crippen LogP contribution is -2.38. The summed E-state index contributed by atoms with van der Waals surface area (Å²) in [6.07, 6.45) is 1.76. The van der Waals surface area contributed by atoms with Gasteiger partial charge < -0.3 is 10.6 Å². The van der Waals surface area contributed by atoms with E-state index in [0.717, 1.165) is 19.4 Å². The van der Waals surface area contributed by atoms with Crippen molar-refractivity contribution in [3.8, 4) is 11.8 Å². The lowest BCUT2D eigenvalue weighted by Gasteiger charge is -2.11. The summed E-state index contributed by atoms with van der Waals surface area (Å²) in [5.41, 5.74) is 0. The Morgan fingerprint density at radius 1 is 1.50 bits per heavy atom. The molecule has 0 bridgehead atoms. The van der Waals surface area contributed by atoms with Crippen molar-refractivity contribution in [2.45, 2.75) is 39.7 Å². The van der Waals surface area contributed by atoms with Crippen molar-refractivity contribution < 1.29 is 4.79 Å². The number of hydrogen-bond acceptors (Lipinski definition) is 2. The van der Waals surface area contributed by atoms with Gasteiger partial charge in [0.05, 0.1) is 6.54 Å². The van der Waals surface area contributed by atoms with Crippen LogP contribution in [-0.2, 0) is 4.79 Å². The van der Waals surface area contributed by atoms with E-state index >= 15 is 0 Å². The summed E-state index contributed by atoms with van der Waals surface area (Å²) >= 11 is 0. The number of carbonyl (C=O) groups is 1. The Morgan fingerprint density at radius 2 is 2.21 bits per heavy atom. The molecule has 0 radical (unpaired) electrons. The van der Waals surface area contributed by atoms with Crippen LogP contribution in [0.1, 0.15) is 33.6 Å². The van der Waals surface area contributed by atoms with Crippen LogP contribution in [0.25, 0.3) is 0 Å². The van der Waals surface area contributed by atoms with E-state index in [4.69, 9.17) is 0 Å². The summed E-state index contributed by atoms with van der Waals surface area (Å²) in [5.74, 6) is 5.80. The molecular weight excluding hydrogens is 176 g/mol. The molecule has 0 aliphatic heterocycles. The summed E-state index contributed by atoms with van der Waals surface area (Å²) in [6, 6.07) is 0.264. The van der Waals surface area contributed by atoms with E-state index in [1.54, 1.807) is 0 Å². The molecule has 0 rings (SSSR count). The Balaban J connectivity index is 3.38. The molecule has 3 nitrogen and oxygen atoms in total. The van der Waals surface area contributed by atoms with Gasteiger partial charge in [0, 0.05) is 19.0 Å². The molecule has 1 amide bonds. The second-order valence-electron chi connectivity index (χ2n) is 3.23. The van der Waals surface area contributed by atoms with Crippen LogP contribution in [0.2, 0.25) is 0 Å². The molecule has 3 heteroatoms. The fraction of sp³-hybridized carbons (Fsp3) is 0.727. The SMILES string of the molecule is CC#CCCNCC(=O)NC(C)CC. The van der Waals surface area contributed by atoms with Crippen LogP contribution in [0.4, 0.5) is 0 Å². The minimum atomic E-state index is 0.0591. The molecule has 1 unspecified atom stereocenters. The van der Waals surface area contributed by atoms with Crippen LogP contribution in [0, 0.1) is 11.8 Å². The van der Waals surface area contributed by atoms with Gasteiger partial charge in [-0.15, -0.1) is 11.8 Å². The van der Waals surface area contributed by atoms with Gasteiger partial charge >= 0.3 is 0 Å². The number of hydrogen-bond donors (Lipinski definition) is 2. The van der Waals surface area contributed by atoms with Gasteiger partial charge in [-0.2, -0.15) is 0 Å². The molecule has 0 saturated heterocycles. The molecule has 0 aliphatic rings. The van der Waals surface area contributed by atoms with Crippen LogP contribution < -0.4 is 10.6 Å². The van der Waals surface area contributed by atoms with Crippen LogP contribution in [0.3, 0.4) is 0 Å². The van der Waals surface area contributed by atoms with E-state index in [2.05, 4.69) is 29.4 Å². The summed E-state index contributed by atoms with van der Waals surface area (Å²) < 4.78 is 0. The topological polar surface area (TPSA) is 41.1 Å². The minimum absolute atomic E-state index is 0.0591. The fourth-order valence-corrected chi connectivity index (χ4v) is 0.906.